The smallest absolute Gasteiger partial charge is 0.0294 e. The summed E-state index contributed by atoms with van der Waals surface area (Å²) in [6.07, 6.45) is 1.18. The van der Waals surface area contributed by atoms with E-state index >= 15 is 0 Å². The number of hydrogen-bond donors (Lipinski definition) is 1. The van der Waals surface area contributed by atoms with Crippen molar-refractivity contribution in [3.8, 4) is 0 Å². The fourth-order valence-electron chi connectivity index (χ4n) is 1.72. The molecule has 0 bridgehead atoms. The van der Waals surface area contributed by atoms with E-state index in [1.54, 1.807) is 0 Å². The molecule has 1 aliphatic rings. The Morgan fingerprint density at radius 1 is 0.941 bits per heavy atom. The average Bonchev–Trinajstić information content (AvgIpc) is 2.46. The zero-order valence-corrected chi connectivity index (χ0v) is 12.8. The molecule has 1 heterocycles. The number of rotatable bonds is 0. The van der Waals surface area contributed by atoms with Gasteiger partial charge in [0, 0.05) is 6.04 Å². The first-order chi connectivity index (χ1) is 8.38. The molecule has 0 fully saturated rings. The van der Waals surface area contributed by atoms with Gasteiger partial charge in [-0.3, -0.25) is 0 Å². The molecule has 1 nitrogen and oxygen atoms in total. The first-order valence-corrected chi connectivity index (χ1v) is 7.19. The van der Waals surface area contributed by atoms with Crippen LogP contribution in [-0.4, -0.2) is 6.54 Å². The van der Waals surface area contributed by atoms with Gasteiger partial charge in [-0.15, -0.1) is 0 Å². The quantitative estimate of drug-likeness (QED) is 0.671. The summed E-state index contributed by atoms with van der Waals surface area (Å²) in [4.78, 5) is 0. The number of fused-ring (bicyclic) bond motifs is 1. The van der Waals surface area contributed by atoms with Crippen molar-refractivity contribution < 1.29 is 0 Å². The van der Waals surface area contributed by atoms with Gasteiger partial charge in [0.2, 0.25) is 0 Å². The highest BCUT2D eigenvalue weighted by Crippen LogP contribution is 2.21. The summed E-state index contributed by atoms with van der Waals surface area (Å²) in [5.74, 6) is 0. The van der Waals surface area contributed by atoms with Crippen molar-refractivity contribution in [3.63, 3.8) is 0 Å². The SMILES string of the molecule is CC.CC.CC.CC1NCCc2ccccc21. The average molecular weight is 237 g/mol. The molecule has 0 spiro atoms. The molecule has 0 aliphatic carbocycles. The molecule has 0 amide bonds. The lowest BCUT2D eigenvalue weighted by Gasteiger charge is -2.23. The summed E-state index contributed by atoms with van der Waals surface area (Å²) in [5, 5.41) is 3.44. The van der Waals surface area contributed by atoms with Crippen molar-refractivity contribution in [1.82, 2.24) is 5.32 Å². The monoisotopic (exact) mass is 237 g/mol. The number of nitrogens with one attached hydrogen (secondary N) is 1. The highest BCUT2D eigenvalue weighted by atomic mass is 14.9. The highest BCUT2D eigenvalue weighted by molar-refractivity contribution is 5.31. The predicted molar refractivity (Wildman–Crippen MR) is 80.6 cm³/mol. The van der Waals surface area contributed by atoms with Gasteiger partial charge in [0.1, 0.15) is 0 Å². The molecule has 1 aromatic carbocycles. The Morgan fingerprint density at radius 3 is 2.00 bits per heavy atom. The Bertz CT molecular complexity index is 255. The molecule has 1 N–H and O–H groups in total. The van der Waals surface area contributed by atoms with Gasteiger partial charge in [0.15, 0.2) is 0 Å². The zero-order valence-electron chi connectivity index (χ0n) is 12.8. The Hall–Kier alpha value is -0.820. The fraction of sp³-hybridized carbons (Fsp3) is 0.625. The second-order valence-corrected chi connectivity index (χ2v) is 3.12. The van der Waals surface area contributed by atoms with Crippen LogP contribution in [0.25, 0.3) is 0 Å². The topological polar surface area (TPSA) is 12.0 Å². The molecule has 1 atom stereocenters. The van der Waals surface area contributed by atoms with E-state index in [1.165, 1.54) is 17.5 Å². The molecular weight excluding hydrogens is 206 g/mol. The van der Waals surface area contributed by atoms with Gasteiger partial charge >= 0.3 is 0 Å². The van der Waals surface area contributed by atoms with Gasteiger partial charge in [-0.1, -0.05) is 65.8 Å². The third-order valence-electron chi connectivity index (χ3n) is 2.37. The molecule has 1 aliphatic heterocycles. The van der Waals surface area contributed by atoms with Crippen LogP contribution in [0.4, 0.5) is 0 Å². The Balaban J connectivity index is 0. The Labute approximate surface area is 109 Å². The van der Waals surface area contributed by atoms with Crippen LogP contribution in [0.1, 0.15) is 65.6 Å². The van der Waals surface area contributed by atoms with Crippen LogP contribution in [0, 0.1) is 0 Å². The molecule has 1 unspecified atom stereocenters. The van der Waals surface area contributed by atoms with Crippen molar-refractivity contribution in [3.05, 3.63) is 35.4 Å². The second-order valence-electron chi connectivity index (χ2n) is 3.12. The third-order valence-corrected chi connectivity index (χ3v) is 2.37. The first-order valence-electron chi connectivity index (χ1n) is 7.19. The van der Waals surface area contributed by atoms with Gasteiger partial charge in [0.25, 0.3) is 0 Å². The van der Waals surface area contributed by atoms with Crippen LogP contribution >= 0.6 is 0 Å². The van der Waals surface area contributed by atoms with E-state index in [2.05, 4.69) is 36.5 Å². The fourth-order valence-corrected chi connectivity index (χ4v) is 1.72. The molecule has 0 saturated heterocycles. The van der Waals surface area contributed by atoms with Crippen molar-refractivity contribution in [1.29, 1.82) is 0 Å². The molecule has 0 radical (unpaired) electrons. The molecule has 0 aromatic heterocycles. The predicted octanol–water partition coefficient (Wildman–Crippen LogP) is 4.97. The van der Waals surface area contributed by atoms with E-state index < -0.39 is 0 Å². The summed E-state index contributed by atoms with van der Waals surface area (Å²) in [6.45, 7) is 15.3. The molecule has 1 aromatic rings. The van der Waals surface area contributed by atoms with Crippen molar-refractivity contribution in [2.45, 2.75) is 60.9 Å². The van der Waals surface area contributed by atoms with E-state index in [0.717, 1.165) is 6.54 Å². The molecular formula is C16H31N. The van der Waals surface area contributed by atoms with Crippen LogP contribution in [0.5, 0.6) is 0 Å². The van der Waals surface area contributed by atoms with Gasteiger partial charge in [-0.05, 0) is 31.0 Å². The van der Waals surface area contributed by atoms with Crippen molar-refractivity contribution in [2.24, 2.45) is 0 Å². The summed E-state index contributed by atoms with van der Waals surface area (Å²) in [7, 11) is 0. The van der Waals surface area contributed by atoms with Gasteiger partial charge in [-0.25, -0.2) is 0 Å². The lowest BCUT2D eigenvalue weighted by Crippen LogP contribution is -2.27. The van der Waals surface area contributed by atoms with Crippen molar-refractivity contribution in [2.75, 3.05) is 6.54 Å². The maximum Gasteiger partial charge on any atom is 0.0294 e. The molecule has 17 heavy (non-hydrogen) atoms. The third kappa shape index (κ3) is 6.48. The minimum absolute atomic E-state index is 0.542. The van der Waals surface area contributed by atoms with Crippen molar-refractivity contribution >= 4 is 0 Å². The summed E-state index contributed by atoms with van der Waals surface area (Å²) >= 11 is 0. The van der Waals surface area contributed by atoms with Crippen LogP contribution in [0.15, 0.2) is 24.3 Å². The minimum Gasteiger partial charge on any atom is -0.310 e. The van der Waals surface area contributed by atoms with E-state index in [1.807, 2.05) is 41.5 Å². The first kappa shape index (κ1) is 18.5. The van der Waals surface area contributed by atoms with Gasteiger partial charge in [-0.2, -0.15) is 0 Å². The molecule has 2 rings (SSSR count). The van der Waals surface area contributed by atoms with Gasteiger partial charge in [0.05, 0.1) is 0 Å². The maximum atomic E-state index is 3.44. The molecule has 100 valence electrons. The summed E-state index contributed by atoms with van der Waals surface area (Å²) in [6, 6.07) is 9.22. The van der Waals surface area contributed by atoms with Crippen LogP contribution in [-0.2, 0) is 6.42 Å². The van der Waals surface area contributed by atoms with E-state index in [-0.39, 0.29) is 0 Å². The highest BCUT2D eigenvalue weighted by Gasteiger charge is 2.13. The summed E-state index contributed by atoms with van der Waals surface area (Å²) < 4.78 is 0. The lowest BCUT2D eigenvalue weighted by atomic mass is 9.96. The van der Waals surface area contributed by atoms with Crippen LogP contribution in [0.3, 0.4) is 0 Å². The standard InChI is InChI=1S/C10H13N.3C2H6/c1-8-10-5-3-2-4-9(10)6-7-11-8;3*1-2/h2-5,8,11H,6-7H2,1H3;3*1-2H3. The van der Waals surface area contributed by atoms with E-state index in [4.69, 9.17) is 0 Å². The van der Waals surface area contributed by atoms with Gasteiger partial charge < -0.3 is 5.32 Å². The Morgan fingerprint density at radius 2 is 1.47 bits per heavy atom. The second kappa shape index (κ2) is 13.2. The largest absolute Gasteiger partial charge is 0.310 e. The van der Waals surface area contributed by atoms with Crippen LogP contribution < -0.4 is 5.32 Å². The molecule has 1 heteroatoms. The van der Waals surface area contributed by atoms with E-state index in [9.17, 15) is 0 Å². The normalized spacial score (nSPS) is 15.8. The number of benzene rings is 1. The van der Waals surface area contributed by atoms with Crippen LogP contribution in [0.2, 0.25) is 0 Å². The van der Waals surface area contributed by atoms with E-state index in [0.29, 0.717) is 6.04 Å². The number of hydrogen-bond acceptors (Lipinski definition) is 1. The minimum atomic E-state index is 0.542. The lowest BCUT2D eigenvalue weighted by molar-refractivity contribution is 0.541. The molecule has 0 saturated carbocycles. The summed E-state index contributed by atoms with van der Waals surface area (Å²) in [5.41, 5.74) is 2.98. The Kier molecular flexibility index (Phi) is 14.4. The zero-order chi connectivity index (χ0) is 13.7. The maximum absolute atomic E-state index is 3.44.